The smallest absolute Gasteiger partial charge is 0.262 e. The van der Waals surface area contributed by atoms with E-state index in [4.69, 9.17) is 0 Å². The molecule has 0 bridgehead atoms. The van der Waals surface area contributed by atoms with Gasteiger partial charge in [-0.2, -0.15) is 0 Å². The monoisotopic (exact) mass is 483 g/mol. The third-order valence-electron chi connectivity index (χ3n) is 7.05. The molecule has 0 radical (unpaired) electrons. The van der Waals surface area contributed by atoms with Crippen molar-refractivity contribution in [3.8, 4) is 0 Å². The van der Waals surface area contributed by atoms with Crippen LogP contribution in [0, 0.1) is 11.6 Å². The standard InChI is InChI=1S/C25H23F2N3O5/c26-18-4-1-14(11-19(18)27)13-29-9-7-25(35,8-10-29)15-2-3-16-17(12-15)24(34)30(23(16)33)20-5-6-21(31)28-22(20)32/h1-4,11-12,20,35H,5-10,13H2,(H,28,31,32). The van der Waals surface area contributed by atoms with Crippen LogP contribution < -0.4 is 5.32 Å². The van der Waals surface area contributed by atoms with Gasteiger partial charge in [0.15, 0.2) is 11.6 Å². The van der Waals surface area contributed by atoms with Gasteiger partial charge in [-0.1, -0.05) is 12.1 Å². The zero-order valence-electron chi connectivity index (χ0n) is 18.7. The topological polar surface area (TPSA) is 107 Å². The molecule has 2 fully saturated rings. The Morgan fingerprint density at radius 2 is 1.66 bits per heavy atom. The molecule has 1 atom stereocenters. The van der Waals surface area contributed by atoms with Crippen LogP contribution in [-0.2, 0) is 21.7 Å². The van der Waals surface area contributed by atoms with Crippen molar-refractivity contribution in [2.75, 3.05) is 13.1 Å². The Labute approximate surface area is 199 Å². The van der Waals surface area contributed by atoms with E-state index in [2.05, 4.69) is 5.32 Å². The van der Waals surface area contributed by atoms with Crippen LogP contribution in [0.1, 0.15) is 57.5 Å². The Hall–Kier alpha value is -3.50. The molecule has 0 saturated carbocycles. The summed E-state index contributed by atoms with van der Waals surface area (Å²) >= 11 is 0. The summed E-state index contributed by atoms with van der Waals surface area (Å²) in [7, 11) is 0. The summed E-state index contributed by atoms with van der Waals surface area (Å²) in [4.78, 5) is 52.5. The van der Waals surface area contributed by atoms with Crippen molar-refractivity contribution >= 4 is 23.6 Å². The van der Waals surface area contributed by atoms with Crippen LogP contribution in [0.3, 0.4) is 0 Å². The molecular formula is C25H23F2N3O5. The number of rotatable bonds is 4. The number of hydrogen-bond acceptors (Lipinski definition) is 6. The Morgan fingerprint density at radius 3 is 2.34 bits per heavy atom. The van der Waals surface area contributed by atoms with Crippen LogP contribution in [0.4, 0.5) is 8.78 Å². The minimum Gasteiger partial charge on any atom is -0.385 e. The molecular weight excluding hydrogens is 460 g/mol. The summed E-state index contributed by atoms with van der Waals surface area (Å²) < 4.78 is 26.7. The first-order chi connectivity index (χ1) is 16.7. The van der Waals surface area contributed by atoms with Crippen molar-refractivity contribution in [3.63, 3.8) is 0 Å². The second-order valence-corrected chi connectivity index (χ2v) is 9.26. The lowest BCUT2D eigenvalue weighted by atomic mass is 9.83. The van der Waals surface area contributed by atoms with Crippen LogP contribution in [0.15, 0.2) is 36.4 Å². The van der Waals surface area contributed by atoms with Gasteiger partial charge in [-0.3, -0.25) is 34.3 Å². The van der Waals surface area contributed by atoms with Crippen molar-refractivity contribution < 1.29 is 33.1 Å². The maximum Gasteiger partial charge on any atom is 0.262 e. The number of fused-ring (bicyclic) bond motifs is 1. The number of likely N-dealkylation sites (tertiary alicyclic amines) is 1. The fourth-order valence-corrected chi connectivity index (χ4v) is 5.03. The quantitative estimate of drug-likeness (QED) is 0.643. The molecule has 0 aliphatic carbocycles. The number of halogens is 2. The number of nitrogens with one attached hydrogen (secondary N) is 1. The third kappa shape index (κ3) is 4.12. The number of carbonyl (C=O) groups excluding carboxylic acids is 4. The molecule has 0 aromatic heterocycles. The minimum atomic E-state index is -1.23. The first kappa shape index (κ1) is 23.3. The molecule has 1 unspecified atom stereocenters. The Balaban J connectivity index is 1.30. The number of nitrogens with zero attached hydrogens (tertiary/aromatic N) is 2. The van der Waals surface area contributed by atoms with Gasteiger partial charge in [-0.15, -0.1) is 0 Å². The molecule has 2 N–H and O–H groups in total. The number of benzene rings is 2. The number of carbonyl (C=O) groups is 4. The zero-order valence-corrected chi connectivity index (χ0v) is 18.7. The number of imide groups is 2. The van der Waals surface area contributed by atoms with Crippen molar-refractivity contribution in [2.45, 2.75) is 43.9 Å². The SMILES string of the molecule is O=C1CCC(N2C(=O)c3ccc(C4(O)CCN(Cc5ccc(F)c(F)c5)CC4)cc3C2=O)C(=O)N1. The van der Waals surface area contributed by atoms with Crippen molar-refractivity contribution in [1.82, 2.24) is 15.1 Å². The summed E-state index contributed by atoms with van der Waals surface area (Å²) in [5.74, 6) is -4.14. The van der Waals surface area contributed by atoms with Gasteiger partial charge in [0.1, 0.15) is 6.04 Å². The number of aliphatic hydroxyl groups is 1. The van der Waals surface area contributed by atoms with E-state index in [0.717, 1.165) is 17.0 Å². The van der Waals surface area contributed by atoms with Crippen molar-refractivity contribution in [3.05, 3.63) is 70.3 Å². The van der Waals surface area contributed by atoms with E-state index in [1.54, 1.807) is 6.07 Å². The Bertz CT molecular complexity index is 1260. The van der Waals surface area contributed by atoms with Crippen LogP contribution in [0.2, 0.25) is 0 Å². The predicted octanol–water partition coefficient (Wildman–Crippen LogP) is 1.85. The lowest BCUT2D eigenvalue weighted by Crippen LogP contribution is -2.54. The van der Waals surface area contributed by atoms with Gasteiger partial charge in [0.25, 0.3) is 11.8 Å². The van der Waals surface area contributed by atoms with Gasteiger partial charge < -0.3 is 5.11 Å². The largest absolute Gasteiger partial charge is 0.385 e. The van der Waals surface area contributed by atoms with E-state index in [-0.39, 0.29) is 24.0 Å². The van der Waals surface area contributed by atoms with Gasteiger partial charge in [-0.25, -0.2) is 8.78 Å². The molecule has 35 heavy (non-hydrogen) atoms. The normalized spacial score (nSPS) is 22.4. The highest BCUT2D eigenvalue weighted by molar-refractivity contribution is 6.23. The Morgan fingerprint density at radius 1 is 0.943 bits per heavy atom. The first-order valence-electron chi connectivity index (χ1n) is 11.4. The van der Waals surface area contributed by atoms with E-state index in [0.29, 0.717) is 43.6 Å². The van der Waals surface area contributed by atoms with E-state index in [1.165, 1.54) is 18.2 Å². The molecule has 10 heteroatoms. The average Bonchev–Trinajstić information content (AvgIpc) is 3.08. The van der Waals surface area contributed by atoms with E-state index in [9.17, 15) is 33.1 Å². The summed E-state index contributed by atoms with van der Waals surface area (Å²) in [5.41, 5.74) is 0.169. The molecule has 4 amide bonds. The summed E-state index contributed by atoms with van der Waals surface area (Å²) in [6.07, 6.45) is 0.791. The van der Waals surface area contributed by atoms with Gasteiger partial charge in [0.2, 0.25) is 11.8 Å². The molecule has 0 spiro atoms. The Kier molecular flexibility index (Phi) is 5.72. The number of hydrogen-bond donors (Lipinski definition) is 2. The summed E-state index contributed by atoms with van der Waals surface area (Å²) in [6.45, 7) is 1.38. The minimum absolute atomic E-state index is 0.0376. The van der Waals surface area contributed by atoms with Gasteiger partial charge in [0, 0.05) is 26.1 Å². The van der Waals surface area contributed by atoms with Gasteiger partial charge >= 0.3 is 0 Å². The molecule has 182 valence electrons. The summed E-state index contributed by atoms with van der Waals surface area (Å²) in [6, 6.07) is 7.33. The van der Waals surface area contributed by atoms with Gasteiger partial charge in [-0.05, 0) is 54.7 Å². The number of piperidine rings is 2. The highest BCUT2D eigenvalue weighted by Gasteiger charge is 2.45. The zero-order chi connectivity index (χ0) is 24.9. The van der Waals surface area contributed by atoms with E-state index >= 15 is 0 Å². The van der Waals surface area contributed by atoms with E-state index in [1.807, 2.05) is 4.90 Å². The maximum atomic E-state index is 13.5. The fraction of sp³-hybridized carbons (Fsp3) is 0.360. The highest BCUT2D eigenvalue weighted by Crippen LogP contribution is 2.36. The average molecular weight is 483 g/mol. The maximum absolute atomic E-state index is 13.5. The van der Waals surface area contributed by atoms with Crippen LogP contribution in [0.25, 0.3) is 0 Å². The number of amides is 4. The second-order valence-electron chi connectivity index (χ2n) is 9.26. The first-order valence-corrected chi connectivity index (χ1v) is 11.4. The molecule has 8 nitrogen and oxygen atoms in total. The lowest BCUT2D eigenvalue weighted by Gasteiger charge is -2.38. The molecule has 3 heterocycles. The fourth-order valence-electron chi connectivity index (χ4n) is 5.03. The van der Waals surface area contributed by atoms with Crippen LogP contribution in [0.5, 0.6) is 0 Å². The molecule has 3 aliphatic heterocycles. The molecule has 2 aromatic rings. The van der Waals surface area contributed by atoms with E-state index < -0.39 is 46.9 Å². The third-order valence-corrected chi connectivity index (χ3v) is 7.05. The molecule has 3 aliphatic rings. The van der Waals surface area contributed by atoms with Crippen molar-refractivity contribution in [1.29, 1.82) is 0 Å². The molecule has 5 rings (SSSR count). The van der Waals surface area contributed by atoms with Crippen LogP contribution >= 0.6 is 0 Å². The highest BCUT2D eigenvalue weighted by atomic mass is 19.2. The van der Waals surface area contributed by atoms with Crippen molar-refractivity contribution in [2.24, 2.45) is 0 Å². The van der Waals surface area contributed by atoms with Crippen LogP contribution in [-0.4, -0.2) is 57.7 Å². The lowest BCUT2D eigenvalue weighted by molar-refractivity contribution is -0.136. The van der Waals surface area contributed by atoms with Gasteiger partial charge in [0.05, 0.1) is 16.7 Å². The second kappa shape index (κ2) is 8.62. The summed E-state index contributed by atoms with van der Waals surface area (Å²) in [5, 5.41) is 13.5. The molecule has 2 saturated heterocycles. The predicted molar refractivity (Wildman–Crippen MR) is 118 cm³/mol. The molecule has 2 aromatic carbocycles.